The third-order valence-corrected chi connectivity index (χ3v) is 20.2. The Bertz CT molecular complexity index is 3250. The molecule has 0 bridgehead atoms. The van der Waals surface area contributed by atoms with E-state index in [0.29, 0.717) is 60.8 Å². The monoisotopic (exact) mass is 1130 g/mol. The quantitative estimate of drug-likeness (QED) is 0.0601. The number of piperidine rings is 1. The van der Waals surface area contributed by atoms with Crippen molar-refractivity contribution in [3.05, 3.63) is 100 Å². The molecule has 2 saturated carbocycles. The Morgan fingerprint density at radius 1 is 0.914 bits per heavy atom. The van der Waals surface area contributed by atoms with E-state index < -0.39 is 48.7 Å². The van der Waals surface area contributed by atoms with Crippen LogP contribution in [0.1, 0.15) is 127 Å². The number of H-pyrrole nitrogens is 1. The van der Waals surface area contributed by atoms with Crippen LogP contribution in [-0.2, 0) is 19.5 Å². The van der Waals surface area contributed by atoms with Crippen molar-refractivity contribution in [2.75, 3.05) is 74.2 Å². The average molecular weight is 1130 g/mol. The number of carbonyl (C=O) groups excluding carboxylic acids is 1. The smallest absolute Gasteiger partial charge is 0.293 e. The highest BCUT2D eigenvalue weighted by Gasteiger charge is 2.51. The Hall–Kier alpha value is -6.03. The summed E-state index contributed by atoms with van der Waals surface area (Å²) < 4.78 is 56.2. The highest BCUT2D eigenvalue weighted by molar-refractivity contribution is 7.90. The second-order valence-electron chi connectivity index (χ2n) is 25.3. The minimum Gasteiger partial charge on any atom is -0.491 e. The molecule has 0 unspecified atom stereocenters. The van der Waals surface area contributed by atoms with E-state index in [-0.39, 0.29) is 47.4 Å². The summed E-state index contributed by atoms with van der Waals surface area (Å²) in [7, 11) is -4.65. The number of nitro benzene ring substituents is 1. The second-order valence-corrected chi connectivity index (χ2v) is 27.0. The summed E-state index contributed by atoms with van der Waals surface area (Å²) in [4.78, 5) is 44.5. The molecule has 2 aliphatic carbocycles. The van der Waals surface area contributed by atoms with Crippen molar-refractivity contribution < 1.29 is 42.2 Å². The predicted molar refractivity (Wildman–Crippen MR) is 310 cm³/mol. The third kappa shape index (κ3) is 11.4. The van der Waals surface area contributed by atoms with Crippen LogP contribution in [-0.4, -0.2) is 145 Å². The van der Waals surface area contributed by atoms with Gasteiger partial charge >= 0.3 is 0 Å². The van der Waals surface area contributed by atoms with Gasteiger partial charge in [0.05, 0.1) is 57.1 Å². The molecular formula is C61H79N9O10S. The van der Waals surface area contributed by atoms with Crippen LogP contribution in [0, 0.1) is 21.4 Å². The number of fused-ring (bicyclic) bond motifs is 3. The van der Waals surface area contributed by atoms with Crippen molar-refractivity contribution in [2.45, 2.75) is 158 Å². The highest BCUT2D eigenvalue weighted by Crippen LogP contribution is 2.54. The van der Waals surface area contributed by atoms with Gasteiger partial charge in [-0.15, -0.1) is 0 Å². The topological polar surface area (TPSA) is 217 Å². The molecule has 20 heteroatoms. The summed E-state index contributed by atoms with van der Waals surface area (Å²) in [6, 6.07) is 22.7. The zero-order valence-corrected chi connectivity index (χ0v) is 48.2. The number of sulfonamides is 1. The zero-order valence-electron chi connectivity index (χ0n) is 47.4. The number of para-hydroxylation sites is 1. The third-order valence-electron chi connectivity index (χ3n) is 18.9. The lowest BCUT2D eigenvalue weighted by atomic mass is 9.59. The Labute approximate surface area is 475 Å². The van der Waals surface area contributed by atoms with Gasteiger partial charge in [0, 0.05) is 99.9 Å². The average Bonchev–Trinajstić information content (AvgIpc) is 3.65. The van der Waals surface area contributed by atoms with Crippen LogP contribution in [0.25, 0.3) is 11.0 Å². The number of aromatic amines is 1. The molecule has 3 aromatic carbocycles. The fraction of sp³-hybridized carbons (Fsp3) is 0.574. The number of amides is 1. The summed E-state index contributed by atoms with van der Waals surface area (Å²) in [5.74, 6) is 0.637. The fourth-order valence-corrected chi connectivity index (χ4v) is 15.2. The molecule has 5 aliphatic heterocycles. The normalized spacial score (nSPS) is 26.4. The van der Waals surface area contributed by atoms with Crippen LogP contribution >= 0.6 is 0 Å². The molecule has 7 heterocycles. The molecule has 7 aliphatic rings. The zero-order chi connectivity index (χ0) is 56.4. The van der Waals surface area contributed by atoms with Crippen LogP contribution in [0.2, 0.25) is 0 Å². The minimum atomic E-state index is -4.65. The van der Waals surface area contributed by atoms with Gasteiger partial charge in [-0.05, 0) is 159 Å². The molecule has 3 atom stereocenters. The number of nitro groups is 1. The lowest BCUT2D eigenvalue weighted by Crippen LogP contribution is -2.61. The van der Waals surface area contributed by atoms with E-state index in [9.17, 15) is 28.4 Å². The van der Waals surface area contributed by atoms with Gasteiger partial charge in [-0.2, -0.15) is 4.98 Å². The summed E-state index contributed by atoms with van der Waals surface area (Å²) in [5.41, 5.74) is 2.71. The van der Waals surface area contributed by atoms with Crippen LogP contribution in [0.4, 0.5) is 28.4 Å². The van der Waals surface area contributed by atoms with Crippen molar-refractivity contribution >= 4 is 55.4 Å². The minimum absolute atomic E-state index is 0.0690. The number of aromatic nitrogens is 2. The molecule has 1 amide bonds. The van der Waals surface area contributed by atoms with E-state index >= 15 is 0 Å². The SMILES string of the molecule is CC(C)Oc1ccccc1[C@@H]1CN(C2CCOCC2)CCN1C1CC2(CCN(c3ccc(C(=O)NS(=O)(=O)c4ccc(NCC5CCC(C)(O)CC5)c([N+](=O)[O-])c4)c(N4c5cc6cc[nH]c6nc5O[C@H]5COC(C)(C)C[C@@H]54)c3)CC2)C1. The Morgan fingerprint density at radius 2 is 1.68 bits per heavy atom. The first-order valence-electron chi connectivity index (χ1n) is 29.4. The van der Waals surface area contributed by atoms with Gasteiger partial charge < -0.3 is 44.2 Å². The number of nitrogens with zero attached hydrogens (tertiary/aromatic N) is 6. The number of ether oxygens (including phenoxy) is 4. The van der Waals surface area contributed by atoms with Gasteiger partial charge in [-0.25, -0.2) is 13.1 Å². The molecule has 2 aromatic heterocycles. The number of anilines is 4. The Balaban J connectivity index is 0.818. The lowest BCUT2D eigenvalue weighted by molar-refractivity contribution is -0.384. The van der Waals surface area contributed by atoms with Crippen LogP contribution in [0.15, 0.2) is 83.9 Å². The van der Waals surface area contributed by atoms with Gasteiger partial charge in [-0.3, -0.25) is 24.7 Å². The number of aliphatic hydroxyl groups is 1. The van der Waals surface area contributed by atoms with E-state index in [1.54, 1.807) is 6.07 Å². The van der Waals surface area contributed by atoms with Crippen molar-refractivity contribution in [3.8, 4) is 11.6 Å². The first kappa shape index (κ1) is 55.5. The number of nitrogens with one attached hydrogen (secondary N) is 3. The van der Waals surface area contributed by atoms with Gasteiger partial charge in [0.2, 0.25) is 5.88 Å². The molecule has 4 saturated heterocycles. The standard InChI is InChI=1S/C61H79N9O10S/c1-39(2)79-54-9-7-6-8-46(54)53-37-67(42-17-28-77-29-18-42)26-27-68(53)44-33-61(34-44)21-24-66(25-22-61)43-10-12-47(49(31-43)69-51-30-41-16-23-62-56(41)64-58(51)80-55-38-78-59(3,4)35-52(55)69)57(71)65-81(75,76)45-11-13-48(50(32-45)70(73)74)63-36-40-14-19-60(5,72)20-15-40/h6-13,16,23,30-32,39-40,42,44,52-53,55,63,72H,14-15,17-22,24-29,33-38H2,1-5H3,(H,62,64)(H,65,71)/t40?,52-,53-,55-,60?/m0/s1. The van der Waals surface area contributed by atoms with Crippen molar-refractivity contribution in [1.82, 2.24) is 24.5 Å². The molecule has 6 fully saturated rings. The number of piperazine rings is 1. The molecule has 5 aromatic rings. The lowest BCUT2D eigenvalue weighted by Gasteiger charge is -2.59. The maximum absolute atomic E-state index is 14.9. The molecule has 434 valence electrons. The maximum Gasteiger partial charge on any atom is 0.293 e. The van der Waals surface area contributed by atoms with Crippen LogP contribution in [0.5, 0.6) is 11.6 Å². The number of benzene rings is 3. The second kappa shape index (κ2) is 21.9. The van der Waals surface area contributed by atoms with Crippen molar-refractivity contribution in [1.29, 1.82) is 0 Å². The van der Waals surface area contributed by atoms with Gasteiger partial charge in [0.25, 0.3) is 21.6 Å². The Morgan fingerprint density at radius 3 is 2.43 bits per heavy atom. The number of hydrogen-bond acceptors (Lipinski definition) is 16. The highest BCUT2D eigenvalue weighted by atomic mass is 32.2. The number of carbonyl (C=O) groups is 1. The largest absolute Gasteiger partial charge is 0.491 e. The molecule has 12 rings (SSSR count). The molecular weight excluding hydrogens is 1050 g/mol. The van der Waals surface area contributed by atoms with Crippen molar-refractivity contribution in [3.63, 3.8) is 0 Å². The molecule has 1 spiro atoms. The summed E-state index contributed by atoms with van der Waals surface area (Å²) in [6.45, 7) is 17.0. The van der Waals surface area contributed by atoms with E-state index in [1.807, 2.05) is 51.2 Å². The first-order chi connectivity index (χ1) is 38.8. The van der Waals surface area contributed by atoms with Crippen molar-refractivity contribution in [2.24, 2.45) is 11.3 Å². The summed E-state index contributed by atoms with van der Waals surface area (Å²) >= 11 is 0. The Kier molecular flexibility index (Phi) is 15.0. The molecule has 81 heavy (non-hydrogen) atoms. The summed E-state index contributed by atoms with van der Waals surface area (Å²) in [5, 5.41) is 26.9. The number of hydrogen-bond donors (Lipinski definition) is 4. The molecule has 4 N–H and O–H groups in total. The van der Waals surface area contributed by atoms with E-state index in [0.717, 1.165) is 120 Å². The van der Waals surface area contributed by atoms with E-state index in [1.165, 1.54) is 17.7 Å². The van der Waals surface area contributed by atoms with Crippen LogP contribution in [0.3, 0.4) is 0 Å². The maximum atomic E-state index is 14.9. The predicted octanol–water partition coefficient (Wildman–Crippen LogP) is 9.48. The van der Waals surface area contributed by atoms with Gasteiger partial charge in [0.1, 0.15) is 28.9 Å². The first-order valence-corrected chi connectivity index (χ1v) is 30.9. The number of rotatable bonds is 14. The number of pyridine rings is 1. The molecule has 0 radical (unpaired) electrons. The van der Waals surface area contributed by atoms with E-state index in [2.05, 4.69) is 72.7 Å². The van der Waals surface area contributed by atoms with E-state index in [4.69, 9.17) is 23.9 Å². The van der Waals surface area contributed by atoms with Gasteiger partial charge in [0.15, 0.2) is 0 Å². The summed E-state index contributed by atoms with van der Waals surface area (Å²) in [6.07, 6.45) is 11.1. The van der Waals surface area contributed by atoms with Gasteiger partial charge in [-0.1, -0.05) is 18.2 Å². The molecule has 19 nitrogen and oxygen atoms in total. The van der Waals surface area contributed by atoms with Crippen LogP contribution < -0.4 is 29.3 Å². The fourth-order valence-electron chi connectivity index (χ4n) is 14.3.